The van der Waals surface area contributed by atoms with E-state index in [2.05, 4.69) is 4.83 Å². The molecule has 0 saturated heterocycles. The number of nitrogens with one attached hydrogen (secondary N) is 1. The van der Waals surface area contributed by atoms with Gasteiger partial charge < -0.3 is 0 Å². The van der Waals surface area contributed by atoms with Crippen LogP contribution in [0.5, 0.6) is 0 Å². The summed E-state index contributed by atoms with van der Waals surface area (Å²) in [7, 11) is -3.76. The Labute approximate surface area is 116 Å². The number of hydrogen-bond donors (Lipinski definition) is 1. The van der Waals surface area contributed by atoms with Crippen molar-refractivity contribution < 1.29 is 13.2 Å². The Balaban J connectivity index is 1.89. The molecule has 20 heavy (non-hydrogen) atoms. The van der Waals surface area contributed by atoms with Gasteiger partial charge in [-0.1, -0.05) is 29.8 Å². The van der Waals surface area contributed by atoms with Crippen molar-refractivity contribution in [1.82, 2.24) is 4.83 Å². The first-order chi connectivity index (χ1) is 9.49. The first-order valence-corrected chi connectivity index (χ1v) is 7.50. The maximum Gasteiger partial charge on any atom is 0.275 e. The van der Waals surface area contributed by atoms with Crippen molar-refractivity contribution in [2.45, 2.75) is 11.8 Å². The van der Waals surface area contributed by atoms with Crippen molar-refractivity contribution in [3.05, 3.63) is 59.7 Å². The first-order valence-electron chi connectivity index (χ1n) is 6.02. The second-order valence-corrected chi connectivity index (χ2v) is 6.23. The number of anilines is 1. The fourth-order valence-corrected chi connectivity index (χ4v) is 3.03. The number of hydrogen-bond acceptors (Lipinski definition) is 3. The molecule has 1 N–H and O–H groups in total. The number of rotatable bonds is 3. The summed E-state index contributed by atoms with van der Waals surface area (Å²) in [6.07, 6.45) is 0. The fourth-order valence-electron chi connectivity index (χ4n) is 2.01. The zero-order chi connectivity index (χ0) is 14.3. The Bertz CT molecular complexity index is 782. The third-order valence-corrected chi connectivity index (χ3v) is 4.44. The van der Waals surface area contributed by atoms with E-state index < -0.39 is 10.0 Å². The van der Waals surface area contributed by atoms with Gasteiger partial charge in [0.25, 0.3) is 15.9 Å². The van der Waals surface area contributed by atoms with Gasteiger partial charge in [0.1, 0.15) is 0 Å². The molecule has 0 radical (unpaired) electrons. The lowest BCUT2D eigenvalue weighted by atomic mass is 10.1. The quantitative estimate of drug-likeness (QED) is 0.937. The van der Waals surface area contributed by atoms with Gasteiger partial charge in [0, 0.05) is 0 Å². The Hall–Kier alpha value is -2.18. The largest absolute Gasteiger partial charge is 0.275 e. The third kappa shape index (κ3) is 1.99. The van der Waals surface area contributed by atoms with Crippen LogP contribution in [0.2, 0.25) is 0 Å². The van der Waals surface area contributed by atoms with Crippen LogP contribution in [0.25, 0.3) is 0 Å². The van der Waals surface area contributed by atoms with Gasteiger partial charge >= 0.3 is 0 Å². The fraction of sp³-hybridized carbons (Fsp3) is 0.0714. The van der Waals surface area contributed by atoms with Gasteiger partial charge in [-0.2, -0.15) is 0 Å². The lowest BCUT2D eigenvalue weighted by Gasteiger charge is -2.32. The molecule has 2 aromatic carbocycles. The van der Waals surface area contributed by atoms with Crippen LogP contribution in [0.15, 0.2) is 53.4 Å². The number of para-hydroxylation sites is 1. The topological polar surface area (TPSA) is 66.5 Å². The van der Waals surface area contributed by atoms with E-state index >= 15 is 0 Å². The van der Waals surface area contributed by atoms with Gasteiger partial charge in [0.15, 0.2) is 0 Å². The normalized spacial score (nSPS) is 13.8. The molecule has 0 aliphatic carbocycles. The van der Waals surface area contributed by atoms with Crippen molar-refractivity contribution in [3.8, 4) is 0 Å². The number of carbonyl (C=O) groups is 1. The molecule has 0 unspecified atom stereocenters. The van der Waals surface area contributed by atoms with Crippen molar-refractivity contribution in [3.63, 3.8) is 0 Å². The molecule has 1 aliphatic rings. The van der Waals surface area contributed by atoms with Gasteiger partial charge in [0.2, 0.25) is 0 Å². The average molecular weight is 288 g/mol. The molecular formula is C14H12N2O3S. The summed E-state index contributed by atoms with van der Waals surface area (Å²) in [6, 6.07) is 13.3. The molecule has 0 saturated carbocycles. The number of fused-ring (bicyclic) bond motifs is 1. The summed E-state index contributed by atoms with van der Waals surface area (Å²) >= 11 is 0. The number of aryl methyl sites for hydroxylation is 1. The molecule has 3 rings (SSSR count). The van der Waals surface area contributed by atoms with E-state index in [1.54, 1.807) is 36.4 Å². The molecule has 0 aromatic heterocycles. The number of hydrazine groups is 1. The lowest BCUT2D eigenvalue weighted by Crippen LogP contribution is -2.52. The zero-order valence-electron chi connectivity index (χ0n) is 10.7. The summed E-state index contributed by atoms with van der Waals surface area (Å²) < 4.78 is 24.4. The Morgan fingerprint density at radius 2 is 1.65 bits per heavy atom. The van der Waals surface area contributed by atoms with E-state index in [1.807, 2.05) is 6.92 Å². The Kier molecular flexibility index (Phi) is 2.84. The smallest absolute Gasteiger partial charge is 0.267 e. The molecule has 1 heterocycles. The summed E-state index contributed by atoms with van der Waals surface area (Å²) in [5.41, 5.74) is 2.04. The minimum Gasteiger partial charge on any atom is -0.267 e. The van der Waals surface area contributed by atoms with Crippen LogP contribution in [0.4, 0.5) is 5.69 Å². The van der Waals surface area contributed by atoms with E-state index in [1.165, 1.54) is 12.1 Å². The number of benzene rings is 2. The second kappa shape index (κ2) is 4.43. The minimum atomic E-state index is -3.76. The number of amides is 1. The molecule has 1 amide bonds. The van der Waals surface area contributed by atoms with Gasteiger partial charge in [-0.05, 0) is 31.2 Å². The van der Waals surface area contributed by atoms with Crippen LogP contribution in [0.3, 0.4) is 0 Å². The van der Waals surface area contributed by atoms with Gasteiger partial charge in [-0.25, -0.2) is 13.4 Å². The highest BCUT2D eigenvalue weighted by atomic mass is 32.2. The van der Waals surface area contributed by atoms with E-state index in [0.717, 1.165) is 10.6 Å². The molecule has 2 aromatic rings. The monoisotopic (exact) mass is 288 g/mol. The summed E-state index contributed by atoms with van der Waals surface area (Å²) in [4.78, 5) is 14.2. The van der Waals surface area contributed by atoms with Crippen molar-refractivity contribution in [2.75, 3.05) is 5.01 Å². The molecule has 0 spiro atoms. The van der Waals surface area contributed by atoms with Crippen LogP contribution in [-0.4, -0.2) is 14.3 Å². The number of nitrogens with zero attached hydrogens (tertiary/aromatic N) is 1. The minimum absolute atomic E-state index is 0.125. The summed E-state index contributed by atoms with van der Waals surface area (Å²) in [6.45, 7) is 1.87. The van der Waals surface area contributed by atoms with E-state index in [9.17, 15) is 13.2 Å². The average Bonchev–Trinajstić information content (AvgIpc) is 2.45. The van der Waals surface area contributed by atoms with Crippen LogP contribution in [0.1, 0.15) is 15.9 Å². The molecule has 5 nitrogen and oxygen atoms in total. The highest BCUT2D eigenvalue weighted by molar-refractivity contribution is 7.89. The standard InChI is InChI=1S/C14H12N2O3S/c1-10-6-8-11(9-7-10)20(18,19)15-16-13-5-3-2-4-12(13)14(16)17/h2-9,15H,1H3. The number of sulfonamides is 1. The molecule has 1 aliphatic heterocycles. The van der Waals surface area contributed by atoms with Crippen LogP contribution in [-0.2, 0) is 10.0 Å². The molecule has 102 valence electrons. The highest BCUT2D eigenvalue weighted by Gasteiger charge is 2.35. The second-order valence-electron chi connectivity index (χ2n) is 4.57. The van der Waals surface area contributed by atoms with Crippen LogP contribution >= 0.6 is 0 Å². The van der Waals surface area contributed by atoms with E-state index in [-0.39, 0.29) is 10.8 Å². The van der Waals surface area contributed by atoms with Crippen molar-refractivity contribution >= 4 is 21.6 Å². The zero-order valence-corrected chi connectivity index (χ0v) is 11.5. The SMILES string of the molecule is Cc1ccc(S(=O)(=O)NN2C(=O)c3ccccc32)cc1. The predicted octanol–water partition coefficient (Wildman–Crippen LogP) is 1.85. The molecule has 6 heteroatoms. The lowest BCUT2D eigenvalue weighted by molar-refractivity contribution is 0.0959. The van der Waals surface area contributed by atoms with Crippen LogP contribution in [0, 0.1) is 6.92 Å². The van der Waals surface area contributed by atoms with Gasteiger partial charge in [-0.15, -0.1) is 4.83 Å². The van der Waals surface area contributed by atoms with E-state index in [0.29, 0.717) is 11.3 Å². The predicted molar refractivity (Wildman–Crippen MR) is 74.8 cm³/mol. The molecule has 0 atom stereocenters. The summed E-state index contributed by atoms with van der Waals surface area (Å²) in [5.74, 6) is -0.351. The van der Waals surface area contributed by atoms with Crippen molar-refractivity contribution in [2.24, 2.45) is 0 Å². The molecular weight excluding hydrogens is 276 g/mol. The van der Waals surface area contributed by atoms with E-state index in [4.69, 9.17) is 0 Å². The number of carbonyl (C=O) groups excluding carboxylic acids is 1. The van der Waals surface area contributed by atoms with Gasteiger partial charge in [0.05, 0.1) is 16.1 Å². The Morgan fingerprint density at radius 1 is 1.00 bits per heavy atom. The van der Waals surface area contributed by atoms with Crippen molar-refractivity contribution in [1.29, 1.82) is 0 Å². The maximum atomic E-state index is 12.2. The molecule has 0 fully saturated rings. The first kappa shape index (κ1) is 12.8. The highest BCUT2D eigenvalue weighted by Crippen LogP contribution is 2.31. The van der Waals surface area contributed by atoms with Crippen LogP contribution < -0.4 is 9.84 Å². The third-order valence-electron chi connectivity index (χ3n) is 3.12. The van der Waals surface area contributed by atoms with Gasteiger partial charge in [-0.3, -0.25) is 4.79 Å². The molecule has 0 bridgehead atoms. The summed E-state index contributed by atoms with van der Waals surface area (Å²) in [5, 5.41) is 1.05. The Morgan fingerprint density at radius 3 is 2.35 bits per heavy atom. The maximum absolute atomic E-state index is 12.2.